The molecule has 0 saturated carbocycles. The van der Waals surface area contributed by atoms with Crippen molar-refractivity contribution in [1.29, 1.82) is 0 Å². The van der Waals surface area contributed by atoms with Crippen LogP contribution in [0.1, 0.15) is 5.56 Å². The van der Waals surface area contributed by atoms with E-state index in [1.54, 1.807) is 12.1 Å². The Morgan fingerprint density at radius 3 is 2.27 bits per heavy atom. The number of hydrogen-bond donors (Lipinski definition) is 1. The molecule has 1 amide bonds. The van der Waals surface area contributed by atoms with Gasteiger partial charge in [0.2, 0.25) is 5.91 Å². The molecule has 0 aliphatic carbocycles. The predicted molar refractivity (Wildman–Crippen MR) is 125 cm³/mol. The van der Waals surface area contributed by atoms with Crippen molar-refractivity contribution in [2.24, 2.45) is 0 Å². The number of methoxy groups -OCH3 is 2. The van der Waals surface area contributed by atoms with E-state index in [1.165, 1.54) is 38.5 Å². The van der Waals surface area contributed by atoms with Crippen LogP contribution in [0.2, 0.25) is 5.02 Å². The van der Waals surface area contributed by atoms with E-state index in [2.05, 4.69) is 5.32 Å². The summed E-state index contributed by atoms with van der Waals surface area (Å²) in [6, 6.07) is 14.5. The number of nitrogens with zero attached hydrogens (tertiary/aromatic N) is 1. The van der Waals surface area contributed by atoms with Crippen LogP contribution in [0.3, 0.4) is 0 Å². The summed E-state index contributed by atoms with van der Waals surface area (Å²) < 4.78 is 52.0. The Bertz CT molecular complexity index is 1270. The van der Waals surface area contributed by atoms with Gasteiger partial charge >= 0.3 is 0 Å². The predicted octanol–water partition coefficient (Wildman–Crippen LogP) is 4.64. The number of benzene rings is 3. The van der Waals surface area contributed by atoms with Crippen molar-refractivity contribution in [2.75, 3.05) is 30.4 Å². The second-order valence-electron chi connectivity index (χ2n) is 7.04. The van der Waals surface area contributed by atoms with Crippen LogP contribution in [0.15, 0.2) is 65.6 Å². The Hall–Kier alpha value is -3.30. The van der Waals surface area contributed by atoms with Gasteiger partial charge in [0.1, 0.15) is 12.4 Å². The summed E-state index contributed by atoms with van der Waals surface area (Å²) in [6.07, 6.45) is 0. The van der Waals surface area contributed by atoms with E-state index in [0.717, 1.165) is 22.0 Å². The second-order valence-corrected chi connectivity index (χ2v) is 9.31. The SMILES string of the molecule is COc1ccc(S(=O)(=O)N(CC(=O)Nc2ccc(C)cc2)c2ccc(F)c(Cl)c2)cc1OC. The molecule has 0 aliphatic heterocycles. The van der Waals surface area contributed by atoms with Gasteiger partial charge in [-0.2, -0.15) is 0 Å². The molecule has 3 rings (SSSR count). The number of carbonyl (C=O) groups is 1. The topological polar surface area (TPSA) is 84.9 Å². The molecule has 0 saturated heterocycles. The van der Waals surface area contributed by atoms with Gasteiger partial charge in [-0.05, 0) is 49.4 Å². The van der Waals surface area contributed by atoms with E-state index < -0.39 is 28.3 Å². The zero-order chi connectivity index (χ0) is 24.2. The van der Waals surface area contributed by atoms with Crippen molar-refractivity contribution in [2.45, 2.75) is 11.8 Å². The number of sulfonamides is 1. The third-order valence-corrected chi connectivity index (χ3v) is 6.82. The average Bonchev–Trinajstić information content (AvgIpc) is 2.80. The molecule has 0 spiro atoms. The quantitative estimate of drug-likeness (QED) is 0.495. The third kappa shape index (κ3) is 5.55. The normalized spacial score (nSPS) is 11.1. The van der Waals surface area contributed by atoms with E-state index in [1.807, 2.05) is 19.1 Å². The molecule has 0 radical (unpaired) electrons. The van der Waals surface area contributed by atoms with Crippen molar-refractivity contribution in [1.82, 2.24) is 0 Å². The molecule has 10 heteroatoms. The molecule has 3 aromatic rings. The number of nitrogens with one attached hydrogen (secondary N) is 1. The van der Waals surface area contributed by atoms with Crippen molar-refractivity contribution < 1.29 is 27.1 Å². The zero-order valence-corrected chi connectivity index (χ0v) is 19.7. The Morgan fingerprint density at radius 2 is 1.67 bits per heavy atom. The van der Waals surface area contributed by atoms with Crippen LogP contribution >= 0.6 is 11.6 Å². The first-order valence-electron chi connectivity index (χ1n) is 9.72. The molecular weight excluding hydrogens is 471 g/mol. The molecule has 0 aliphatic rings. The molecule has 1 N–H and O–H groups in total. The number of hydrogen-bond acceptors (Lipinski definition) is 5. The maximum Gasteiger partial charge on any atom is 0.264 e. The van der Waals surface area contributed by atoms with Gasteiger partial charge in [0.15, 0.2) is 11.5 Å². The fourth-order valence-corrected chi connectivity index (χ4v) is 4.63. The molecule has 0 aromatic heterocycles. The summed E-state index contributed by atoms with van der Waals surface area (Å²) in [5.74, 6) is -0.777. The summed E-state index contributed by atoms with van der Waals surface area (Å²) in [7, 11) is -1.48. The van der Waals surface area contributed by atoms with Crippen molar-refractivity contribution in [3.63, 3.8) is 0 Å². The number of amides is 1. The molecule has 0 fully saturated rings. The van der Waals surface area contributed by atoms with Crippen LogP contribution in [0, 0.1) is 12.7 Å². The Kier molecular flexibility index (Phi) is 7.45. The lowest BCUT2D eigenvalue weighted by atomic mass is 10.2. The maximum absolute atomic E-state index is 13.7. The number of halogens is 2. The largest absolute Gasteiger partial charge is 0.493 e. The highest BCUT2D eigenvalue weighted by Crippen LogP contribution is 2.33. The third-order valence-electron chi connectivity index (χ3n) is 4.76. The van der Waals surface area contributed by atoms with Crippen molar-refractivity contribution >= 4 is 38.9 Å². The minimum atomic E-state index is -4.28. The summed E-state index contributed by atoms with van der Waals surface area (Å²) in [5.41, 5.74) is 1.54. The maximum atomic E-state index is 13.7. The van der Waals surface area contributed by atoms with Crippen LogP contribution in [0.25, 0.3) is 0 Å². The average molecular weight is 493 g/mol. The Balaban J connectivity index is 2.01. The number of anilines is 2. The van der Waals surface area contributed by atoms with Crippen molar-refractivity contribution in [3.8, 4) is 11.5 Å². The Morgan fingerprint density at radius 1 is 1.00 bits per heavy atom. The zero-order valence-electron chi connectivity index (χ0n) is 18.1. The monoisotopic (exact) mass is 492 g/mol. The van der Waals surface area contributed by atoms with Gasteiger partial charge < -0.3 is 14.8 Å². The van der Waals surface area contributed by atoms with Gasteiger partial charge in [0, 0.05) is 11.8 Å². The molecule has 33 heavy (non-hydrogen) atoms. The molecule has 0 heterocycles. The van der Waals surface area contributed by atoms with Gasteiger partial charge in [-0.15, -0.1) is 0 Å². The van der Waals surface area contributed by atoms with Gasteiger partial charge in [-0.1, -0.05) is 29.3 Å². The van der Waals surface area contributed by atoms with Crippen LogP contribution in [0.5, 0.6) is 11.5 Å². The first-order chi connectivity index (χ1) is 15.6. The van der Waals surface area contributed by atoms with Crippen molar-refractivity contribution in [3.05, 3.63) is 77.1 Å². The van der Waals surface area contributed by atoms with E-state index >= 15 is 0 Å². The highest BCUT2D eigenvalue weighted by molar-refractivity contribution is 7.92. The first kappa shape index (κ1) is 24.3. The molecule has 0 bridgehead atoms. The number of ether oxygens (including phenoxy) is 2. The number of carbonyl (C=O) groups excluding carboxylic acids is 1. The van der Waals surface area contributed by atoms with Gasteiger partial charge in [-0.25, -0.2) is 12.8 Å². The van der Waals surface area contributed by atoms with Crippen LogP contribution in [-0.4, -0.2) is 35.1 Å². The molecule has 0 atom stereocenters. The van der Waals surface area contributed by atoms with Crippen LogP contribution < -0.4 is 19.1 Å². The van der Waals surface area contributed by atoms with Gasteiger partial charge in [-0.3, -0.25) is 9.10 Å². The van der Waals surface area contributed by atoms with Gasteiger partial charge in [0.05, 0.1) is 29.8 Å². The molecule has 7 nitrogen and oxygen atoms in total. The molecular formula is C23H22ClFN2O5S. The summed E-state index contributed by atoms with van der Waals surface area (Å²) >= 11 is 5.89. The Labute approximate surface area is 196 Å². The first-order valence-corrected chi connectivity index (χ1v) is 11.5. The summed E-state index contributed by atoms with van der Waals surface area (Å²) in [6.45, 7) is 1.33. The van der Waals surface area contributed by atoms with E-state index in [9.17, 15) is 17.6 Å². The van der Waals surface area contributed by atoms with Crippen LogP contribution in [-0.2, 0) is 14.8 Å². The highest BCUT2D eigenvalue weighted by atomic mass is 35.5. The minimum absolute atomic E-state index is 0.0234. The lowest BCUT2D eigenvalue weighted by Crippen LogP contribution is -2.38. The number of rotatable bonds is 8. The van der Waals surface area contributed by atoms with E-state index in [-0.39, 0.29) is 21.4 Å². The summed E-state index contributed by atoms with van der Waals surface area (Å²) in [4.78, 5) is 12.6. The molecule has 174 valence electrons. The summed E-state index contributed by atoms with van der Waals surface area (Å²) in [5, 5.41) is 2.38. The fraction of sp³-hybridized carbons (Fsp3) is 0.174. The fourth-order valence-electron chi connectivity index (χ4n) is 3.03. The second kappa shape index (κ2) is 10.1. The molecule has 3 aromatic carbocycles. The van der Waals surface area contributed by atoms with Crippen LogP contribution in [0.4, 0.5) is 15.8 Å². The number of aryl methyl sites for hydroxylation is 1. The van der Waals surface area contributed by atoms with E-state index in [0.29, 0.717) is 11.4 Å². The lowest BCUT2D eigenvalue weighted by Gasteiger charge is -2.25. The standard InChI is InChI=1S/C23H22ClFN2O5S/c1-15-4-6-16(7-5-15)26-23(28)14-27(17-8-10-20(25)19(24)12-17)33(29,30)18-9-11-21(31-2)22(13-18)32-3/h4-13H,14H2,1-3H3,(H,26,28). The lowest BCUT2D eigenvalue weighted by molar-refractivity contribution is -0.114. The highest BCUT2D eigenvalue weighted by Gasteiger charge is 2.29. The smallest absolute Gasteiger partial charge is 0.264 e. The van der Waals surface area contributed by atoms with E-state index in [4.69, 9.17) is 21.1 Å². The van der Waals surface area contributed by atoms with Gasteiger partial charge in [0.25, 0.3) is 10.0 Å². The minimum Gasteiger partial charge on any atom is -0.493 e. The molecule has 0 unspecified atom stereocenters.